The number of nitrogens with zero attached hydrogens (tertiary/aromatic N) is 3. The van der Waals surface area contributed by atoms with Crippen molar-refractivity contribution in [3.8, 4) is 0 Å². The summed E-state index contributed by atoms with van der Waals surface area (Å²) in [5, 5.41) is 11.4. The summed E-state index contributed by atoms with van der Waals surface area (Å²) in [6.07, 6.45) is 3.43. The van der Waals surface area contributed by atoms with E-state index in [1.807, 2.05) is 36.4 Å². The van der Waals surface area contributed by atoms with Crippen LogP contribution in [0.3, 0.4) is 0 Å². The number of carbonyl (C=O) groups excluding carboxylic acids is 1. The molecule has 3 aromatic rings. The number of thioether (sulfide) groups is 1. The molecule has 1 aliphatic heterocycles. The number of aromatic amines is 1. The second-order valence-corrected chi connectivity index (χ2v) is 8.83. The lowest BCUT2D eigenvalue weighted by Crippen LogP contribution is -2.44. The Morgan fingerprint density at radius 3 is 2.47 bits per heavy atom. The number of hydrogen-bond acceptors (Lipinski definition) is 5. The molecule has 156 valence electrons. The highest BCUT2D eigenvalue weighted by Crippen LogP contribution is 2.19. The van der Waals surface area contributed by atoms with Gasteiger partial charge in [0.2, 0.25) is 0 Å². The third kappa shape index (κ3) is 5.84. The smallest absolute Gasteiger partial charge is 0.251 e. The van der Waals surface area contributed by atoms with Crippen molar-refractivity contribution >= 4 is 29.3 Å². The number of likely N-dealkylation sites (tertiary alicyclic amines) is 1. The number of halogens is 1. The molecule has 2 heterocycles. The highest BCUT2D eigenvalue weighted by atomic mass is 35.5. The van der Waals surface area contributed by atoms with E-state index in [1.54, 1.807) is 11.8 Å². The summed E-state index contributed by atoms with van der Waals surface area (Å²) in [5.74, 6) is 0.781. The van der Waals surface area contributed by atoms with Crippen molar-refractivity contribution < 1.29 is 4.79 Å². The summed E-state index contributed by atoms with van der Waals surface area (Å²) < 4.78 is 0. The highest BCUT2D eigenvalue weighted by Gasteiger charge is 2.21. The average Bonchev–Trinajstić information content (AvgIpc) is 3.29. The Kier molecular flexibility index (Phi) is 7.04. The molecule has 0 spiro atoms. The molecule has 0 radical (unpaired) electrons. The summed E-state index contributed by atoms with van der Waals surface area (Å²) in [4.78, 5) is 19.1. The number of nitrogens with one attached hydrogen (secondary N) is 2. The number of hydrogen-bond donors (Lipinski definition) is 2. The fourth-order valence-corrected chi connectivity index (χ4v) is 4.38. The molecule has 0 aliphatic carbocycles. The van der Waals surface area contributed by atoms with Gasteiger partial charge in [-0.1, -0.05) is 47.6 Å². The van der Waals surface area contributed by atoms with Crippen molar-refractivity contribution in [1.82, 2.24) is 25.4 Å². The first-order valence-electron chi connectivity index (χ1n) is 10.0. The van der Waals surface area contributed by atoms with Crippen molar-refractivity contribution in [3.63, 3.8) is 0 Å². The van der Waals surface area contributed by atoms with Crippen LogP contribution >= 0.6 is 23.4 Å². The van der Waals surface area contributed by atoms with Gasteiger partial charge >= 0.3 is 0 Å². The van der Waals surface area contributed by atoms with Crippen LogP contribution < -0.4 is 5.32 Å². The lowest BCUT2D eigenvalue weighted by atomic mass is 10.0. The molecule has 0 unspecified atom stereocenters. The number of piperidine rings is 1. The van der Waals surface area contributed by atoms with Crippen molar-refractivity contribution in [2.75, 3.05) is 13.1 Å². The Bertz CT molecular complexity index is 939. The summed E-state index contributed by atoms with van der Waals surface area (Å²) >= 11 is 7.54. The van der Waals surface area contributed by atoms with Gasteiger partial charge in [0, 0.05) is 42.0 Å². The molecule has 0 saturated carbocycles. The minimum Gasteiger partial charge on any atom is -0.349 e. The molecular formula is C22H24ClN5OS. The molecule has 1 aliphatic rings. The molecule has 6 nitrogen and oxygen atoms in total. The van der Waals surface area contributed by atoms with Crippen LogP contribution in [-0.2, 0) is 12.3 Å². The van der Waals surface area contributed by atoms with Crippen LogP contribution in [-0.4, -0.2) is 45.1 Å². The zero-order valence-electron chi connectivity index (χ0n) is 16.6. The summed E-state index contributed by atoms with van der Waals surface area (Å²) in [7, 11) is 0. The number of carbonyl (C=O) groups is 1. The van der Waals surface area contributed by atoms with Gasteiger partial charge < -0.3 is 5.32 Å². The quantitative estimate of drug-likeness (QED) is 0.539. The second-order valence-electron chi connectivity index (χ2n) is 7.43. The molecule has 1 amide bonds. The average molecular weight is 442 g/mol. The van der Waals surface area contributed by atoms with Gasteiger partial charge in [0.1, 0.15) is 6.33 Å². The Morgan fingerprint density at radius 2 is 1.80 bits per heavy atom. The van der Waals surface area contributed by atoms with E-state index >= 15 is 0 Å². The topological polar surface area (TPSA) is 73.9 Å². The first kappa shape index (κ1) is 20.9. The maximum atomic E-state index is 12.6. The minimum absolute atomic E-state index is 0.000545. The summed E-state index contributed by atoms with van der Waals surface area (Å²) in [5.41, 5.74) is 3.11. The van der Waals surface area contributed by atoms with Gasteiger partial charge in [0.25, 0.3) is 5.91 Å². The molecule has 2 aromatic carbocycles. The van der Waals surface area contributed by atoms with Gasteiger partial charge in [-0.3, -0.25) is 14.8 Å². The Hall–Kier alpha value is -2.35. The van der Waals surface area contributed by atoms with Crippen molar-refractivity contribution in [1.29, 1.82) is 0 Å². The minimum atomic E-state index is 0.000545. The normalized spacial score (nSPS) is 15.2. The monoisotopic (exact) mass is 441 g/mol. The van der Waals surface area contributed by atoms with Gasteiger partial charge in [-0.25, -0.2) is 4.98 Å². The van der Waals surface area contributed by atoms with Crippen LogP contribution in [0.15, 0.2) is 60.0 Å². The van der Waals surface area contributed by atoms with Gasteiger partial charge in [0.05, 0.1) is 0 Å². The van der Waals surface area contributed by atoms with E-state index in [1.165, 1.54) is 11.9 Å². The zero-order chi connectivity index (χ0) is 20.8. The SMILES string of the molecule is O=C(NC1CCN(Cc2ccc(Cl)cc2)CC1)c1ccc(CSc2ncn[nH]2)cc1. The van der Waals surface area contributed by atoms with Crippen LogP contribution in [0.25, 0.3) is 0 Å². The molecule has 30 heavy (non-hydrogen) atoms. The zero-order valence-corrected chi connectivity index (χ0v) is 18.1. The third-order valence-corrected chi connectivity index (χ3v) is 6.43. The van der Waals surface area contributed by atoms with Crippen LogP contribution in [0.5, 0.6) is 0 Å². The molecular weight excluding hydrogens is 418 g/mol. The molecule has 1 fully saturated rings. The second kappa shape index (κ2) is 10.1. The van der Waals surface area contributed by atoms with Crippen molar-refractivity contribution in [3.05, 3.63) is 76.6 Å². The predicted molar refractivity (Wildman–Crippen MR) is 120 cm³/mol. The van der Waals surface area contributed by atoms with E-state index in [2.05, 4.69) is 37.5 Å². The number of benzene rings is 2. The predicted octanol–water partition coefficient (Wildman–Crippen LogP) is 4.14. The van der Waals surface area contributed by atoms with Crippen LogP contribution in [0.1, 0.15) is 34.3 Å². The molecule has 0 bridgehead atoms. The Labute approximate surface area is 185 Å². The number of aromatic nitrogens is 3. The lowest BCUT2D eigenvalue weighted by Gasteiger charge is -2.32. The summed E-state index contributed by atoms with van der Waals surface area (Å²) in [6, 6.07) is 16.0. The van der Waals surface area contributed by atoms with Crippen LogP contribution in [0.4, 0.5) is 0 Å². The third-order valence-electron chi connectivity index (χ3n) is 5.23. The van der Waals surface area contributed by atoms with E-state index in [9.17, 15) is 4.79 Å². The van der Waals surface area contributed by atoms with E-state index in [0.29, 0.717) is 5.56 Å². The lowest BCUT2D eigenvalue weighted by molar-refractivity contribution is 0.0909. The first-order valence-corrected chi connectivity index (χ1v) is 11.4. The molecule has 1 aromatic heterocycles. The fraction of sp³-hybridized carbons (Fsp3) is 0.318. The van der Waals surface area contributed by atoms with Crippen molar-refractivity contribution in [2.45, 2.75) is 36.3 Å². The van der Waals surface area contributed by atoms with Gasteiger partial charge in [0.15, 0.2) is 5.16 Å². The van der Waals surface area contributed by atoms with Crippen molar-refractivity contribution in [2.24, 2.45) is 0 Å². The van der Waals surface area contributed by atoms with E-state index < -0.39 is 0 Å². The molecule has 0 atom stereocenters. The maximum absolute atomic E-state index is 12.6. The molecule has 2 N–H and O–H groups in total. The Balaban J connectivity index is 1.22. The van der Waals surface area contributed by atoms with Gasteiger partial charge in [-0.05, 0) is 48.2 Å². The summed E-state index contributed by atoms with van der Waals surface area (Å²) in [6.45, 7) is 2.88. The van der Waals surface area contributed by atoms with Crippen LogP contribution in [0.2, 0.25) is 5.02 Å². The molecule has 1 saturated heterocycles. The number of amides is 1. The number of rotatable bonds is 7. The fourth-order valence-electron chi connectivity index (χ4n) is 3.52. The number of H-pyrrole nitrogens is 1. The highest BCUT2D eigenvalue weighted by molar-refractivity contribution is 7.98. The Morgan fingerprint density at radius 1 is 1.10 bits per heavy atom. The molecule has 4 rings (SSSR count). The van der Waals surface area contributed by atoms with Crippen LogP contribution in [0, 0.1) is 0 Å². The molecule has 8 heteroatoms. The van der Waals surface area contributed by atoms with E-state index in [4.69, 9.17) is 11.6 Å². The maximum Gasteiger partial charge on any atom is 0.251 e. The van der Waals surface area contributed by atoms with E-state index in [-0.39, 0.29) is 11.9 Å². The standard InChI is InChI=1S/C22H24ClN5OS/c23-19-7-3-16(4-8-19)13-28-11-9-20(10-12-28)26-21(29)18-5-1-17(2-6-18)14-30-22-24-15-25-27-22/h1-8,15,20H,9-14H2,(H,26,29)(H,24,25,27). The van der Waals surface area contributed by atoms with E-state index in [0.717, 1.165) is 54.0 Å². The van der Waals surface area contributed by atoms with Gasteiger partial charge in [-0.2, -0.15) is 5.10 Å². The van der Waals surface area contributed by atoms with Gasteiger partial charge in [-0.15, -0.1) is 0 Å². The largest absolute Gasteiger partial charge is 0.349 e. The first-order chi connectivity index (χ1) is 14.7.